The Hall–Kier alpha value is -2.37. The highest BCUT2D eigenvalue weighted by atomic mass is 16.2. The number of allylic oxidation sites excluding steroid dienone is 3. The van der Waals surface area contributed by atoms with Gasteiger partial charge in [-0.3, -0.25) is 14.6 Å². The van der Waals surface area contributed by atoms with Crippen molar-refractivity contribution in [2.75, 3.05) is 0 Å². The summed E-state index contributed by atoms with van der Waals surface area (Å²) in [4.78, 5) is 22.2. The number of hydrazone groups is 1. The molecule has 6 heteroatoms. The molecule has 2 amide bonds. The van der Waals surface area contributed by atoms with E-state index in [0.717, 1.165) is 12.8 Å². The Bertz CT molecular complexity index is 594. The van der Waals surface area contributed by atoms with Gasteiger partial charge in [0, 0.05) is 18.8 Å². The Morgan fingerprint density at radius 2 is 1.53 bits per heavy atom. The summed E-state index contributed by atoms with van der Waals surface area (Å²) in [6.07, 6.45) is 16.0. The van der Waals surface area contributed by atoms with E-state index in [4.69, 9.17) is 5.73 Å². The first-order valence-corrected chi connectivity index (χ1v) is 12.5. The van der Waals surface area contributed by atoms with E-state index in [2.05, 4.69) is 58.2 Å². The van der Waals surface area contributed by atoms with Crippen LogP contribution in [-0.4, -0.2) is 34.6 Å². The summed E-state index contributed by atoms with van der Waals surface area (Å²) < 4.78 is 0. The zero-order valence-corrected chi connectivity index (χ0v) is 23.6. The van der Waals surface area contributed by atoms with Gasteiger partial charge in [-0.25, -0.2) is 0 Å². The van der Waals surface area contributed by atoms with E-state index in [0.29, 0.717) is 18.3 Å². The lowest BCUT2D eigenvalue weighted by Gasteiger charge is -2.29. The summed E-state index contributed by atoms with van der Waals surface area (Å²) in [5.74, 6) is 0.453. The number of hydrogen-bond acceptors (Lipinski definition) is 4. The van der Waals surface area contributed by atoms with Gasteiger partial charge in [0.1, 0.15) is 6.04 Å². The van der Waals surface area contributed by atoms with Crippen LogP contribution in [0.4, 0.5) is 0 Å². The highest BCUT2D eigenvalue weighted by Gasteiger charge is 2.19. The van der Waals surface area contributed by atoms with Crippen LogP contribution in [0.25, 0.3) is 0 Å². The molecule has 6 nitrogen and oxygen atoms in total. The van der Waals surface area contributed by atoms with Crippen LogP contribution in [0.15, 0.2) is 42.7 Å². The molecular formula is C28H54N4O2. The molecule has 0 spiro atoms. The van der Waals surface area contributed by atoms with Gasteiger partial charge in [0.2, 0.25) is 11.8 Å². The summed E-state index contributed by atoms with van der Waals surface area (Å²) in [5, 5.41) is 8.78. The van der Waals surface area contributed by atoms with Gasteiger partial charge in [-0.05, 0) is 73.1 Å². The molecule has 198 valence electrons. The SMILES string of the molecule is C/C=C\C.C=CC.C=CN(/N=C/C(C)C)C(C)(C)C.C[C@H](NC(=O)CC1CCCCC1)C(N)=O. The second-order valence-corrected chi connectivity index (χ2v) is 9.68. The number of amides is 2. The van der Waals surface area contributed by atoms with E-state index in [1.165, 1.54) is 19.3 Å². The molecule has 3 N–H and O–H groups in total. The maximum Gasteiger partial charge on any atom is 0.239 e. The Morgan fingerprint density at radius 1 is 1.06 bits per heavy atom. The fourth-order valence-corrected chi connectivity index (χ4v) is 2.72. The number of carbonyl (C=O) groups excluding carboxylic acids is 2. The third-order valence-electron chi connectivity index (χ3n) is 4.69. The third-order valence-corrected chi connectivity index (χ3v) is 4.69. The maximum absolute atomic E-state index is 11.5. The van der Waals surface area contributed by atoms with Gasteiger partial charge >= 0.3 is 0 Å². The number of nitrogens with one attached hydrogen (secondary N) is 1. The minimum absolute atomic E-state index is 0.0210. The van der Waals surface area contributed by atoms with Crippen LogP contribution in [-0.2, 0) is 9.59 Å². The molecule has 1 aliphatic rings. The van der Waals surface area contributed by atoms with Gasteiger partial charge < -0.3 is 11.1 Å². The topological polar surface area (TPSA) is 87.8 Å². The number of carbonyl (C=O) groups is 2. The lowest BCUT2D eigenvalue weighted by atomic mass is 9.87. The molecular weight excluding hydrogens is 424 g/mol. The lowest BCUT2D eigenvalue weighted by Crippen LogP contribution is -2.42. The first-order chi connectivity index (χ1) is 15.8. The number of primary amides is 1. The van der Waals surface area contributed by atoms with Crippen LogP contribution < -0.4 is 11.1 Å². The molecule has 1 rings (SSSR count). The number of rotatable bonds is 7. The molecule has 0 heterocycles. The molecule has 0 bridgehead atoms. The summed E-state index contributed by atoms with van der Waals surface area (Å²) in [6, 6.07) is -0.555. The molecule has 1 aliphatic carbocycles. The van der Waals surface area contributed by atoms with Crippen molar-refractivity contribution >= 4 is 18.0 Å². The maximum atomic E-state index is 11.5. The minimum atomic E-state index is -0.555. The van der Waals surface area contributed by atoms with Crippen molar-refractivity contribution in [3.8, 4) is 0 Å². The second kappa shape index (κ2) is 22.4. The Morgan fingerprint density at radius 3 is 1.85 bits per heavy atom. The smallest absolute Gasteiger partial charge is 0.239 e. The molecule has 0 aromatic carbocycles. The Balaban J connectivity index is -0.000000451. The van der Waals surface area contributed by atoms with Gasteiger partial charge in [0.05, 0.1) is 5.54 Å². The van der Waals surface area contributed by atoms with Crippen molar-refractivity contribution in [2.24, 2.45) is 22.7 Å². The number of nitrogens with two attached hydrogens (primary N) is 1. The Labute approximate surface area is 210 Å². The summed E-state index contributed by atoms with van der Waals surface area (Å²) in [5.41, 5.74) is 5.08. The van der Waals surface area contributed by atoms with E-state index in [1.54, 1.807) is 19.2 Å². The molecule has 1 saturated carbocycles. The van der Waals surface area contributed by atoms with E-state index in [-0.39, 0.29) is 11.4 Å². The third kappa shape index (κ3) is 24.3. The lowest BCUT2D eigenvalue weighted by molar-refractivity contribution is -0.127. The van der Waals surface area contributed by atoms with Crippen LogP contribution in [0.2, 0.25) is 0 Å². The predicted molar refractivity (Wildman–Crippen MR) is 149 cm³/mol. The molecule has 1 atom stereocenters. The number of hydrogen-bond donors (Lipinski definition) is 2. The van der Waals surface area contributed by atoms with Crippen molar-refractivity contribution in [3.63, 3.8) is 0 Å². The van der Waals surface area contributed by atoms with Gasteiger partial charge in [0.25, 0.3) is 0 Å². The van der Waals surface area contributed by atoms with Gasteiger partial charge in [-0.2, -0.15) is 5.10 Å². The summed E-state index contributed by atoms with van der Waals surface area (Å²) in [7, 11) is 0. The fraction of sp³-hybridized carbons (Fsp3) is 0.679. The van der Waals surface area contributed by atoms with Crippen LogP contribution in [0.1, 0.15) is 101 Å². The van der Waals surface area contributed by atoms with Gasteiger partial charge in [-0.15, -0.1) is 6.58 Å². The first-order valence-electron chi connectivity index (χ1n) is 12.5. The molecule has 0 radical (unpaired) electrons. The highest BCUT2D eigenvalue weighted by molar-refractivity contribution is 5.86. The van der Waals surface area contributed by atoms with Crippen LogP contribution >= 0.6 is 0 Å². The van der Waals surface area contributed by atoms with Crippen LogP contribution in [0.3, 0.4) is 0 Å². The monoisotopic (exact) mass is 478 g/mol. The van der Waals surface area contributed by atoms with E-state index in [1.807, 2.05) is 44.1 Å². The zero-order chi connectivity index (χ0) is 27.2. The molecule has 0 aliphatic heterocycles. The van der Waals surface area contributed by atoms with Crippen molar-refractivity contribution in [1.82, 2.24) is 10.3 Å². The number of nitrogens with zero attached hydrogens (tertiary/aromatic N) is 2. The average Bonchev–Trinajstić information content (AvgIpc) is 2.74. The van der Waals surface area contributed by atoms with Crippen molar-refractivity contribution in [1.29, 1.82) is 0 Å². The second-order valence-electron chi connectivity index (χ2n) is 9.68. The van der Waals surface area contributed by atoms with Crippen molar-refractivity contribution < 1.29 is 9.59 Å². The normalized spacial score (nSPS) is 14.5. The Kier molecular flexibility index (Phi) is 23.9. The van der Waals surface area contributed by atoms with Crippen molar-refractivity contribution in [2.45, 2.75) is 112 Å². The largest absolute Gasteiger partial charge is 0.368 e. The zero-order valence-electron chi connectivity index (χ0n) is 23.6. The van der Waals surface area contributed by atoms with Crippen LogP contribution in [0, 0.1) is 11.8 Å². The molecule has 0 aromatic heterocycles. The van der Waals surface area contributed by atoms with Gasteiger partial charge in [-0.1, -0.05) is 57.9 Å². The highest BCUT2D eigenvalue weighted by Crippen LogP contribution is 2.26. The quantitative estimate of drug-likeness (QED) is 0.246. The predicted octanol–water partition coefficient (Wildman–Crippen LogP) is 6.59. The molecule has 0 unspecified atom stereocenters. The standard InChI is InChI=1S/C11H20N2O2.C10H20N2.C4H8.C3H6/c1-8(11(12)15)13-10(14)7-9-5-3-2-4-6-9;1-7-12(10(4,5)6)11-8-9(2)3;1-3-4-2;1-3-2/h8-9H,2-7H2,1H3,(H2,12,15)(H,13,14);7-9H,1H2,2-6H3;3-4H,1-2H3;3H,1H2,2H3/b;11-8+;4-3-;/t8-;;;/m0.../s1. The van der Waals surface area contributed by atoms with Gasteiger partial charge in [0.15, 0.2) is 0 Å². The average molecular weight is 479 g/mol. The van der Waals surface area contributed by atoms with E-state index >= 15 is 0 Å². The van der Waals surface area contributed by atoms with Crippen molar-refractivity contribution in [3.05, 3.63) is 37.6 Å². The van der Waals surface area contributed by atoms with E-state index in [9.17, 15) is 9.59 Å². The summed E-state index contributed by atoms with van der Waals surface area (Å²) in [6.45, 7) is 25.1. The minimum Gasteiger partial charge on any atom is -0.368 e. The molecule has 0 aromatic rings. The molecule has 34 heavy (non-hydrogen) atoms. The van der Waals surface area contributed by atoms with Crippen LogP contribution in [0.5, 0.6) is 0 Å². The fourth-order valence-electron chi connectivity index (χ4n) is 2.72. The first kappa shape index (κ1) is 36.2. The molecule has 0 saturated heterocycles. The van der Waals surface area contributed by atoms with E-state index < -0.39 is 11.9 Å². The summed E-state index contributed by atoms with van der Waals surface area (Å²) >= 11 is 0. The molecule has 1 fully saturated rings.